The Morgan fingerprint density at radius 2 is 2.18 bits per heavy atom. The van der Waals surface area contributed by atoms with Crippen molar-refractivity contribution in [1.29, 1.82) is 0 Å². The van der Waals surface area contributed by atoms with Crippen molar-refractivity contribution in [3.8, 4) is 11.3 Å². The number of hydrogen-bond donors (Lipinski definition) is 1. The summed E-state index contributed by atoms with van der Waals surface area (Å²) in [5.41, 5.74) is 0.765. The zero-order valence-corrected chi connectivity index (χ0v) is 10.0. The lowest BCUT2D eigenvalue weighted by Gasteiger charge is -2.03. The molecule has 2 aromatic rings. The van der Waals surface area contributed by atoms with E-state index in [1.54, 1.807) is 0 Å². The van der Waals surface area contributed by atoms with Crippen molar-refractivity contribution in [1.82, 2.24) is 14.9 Å². The van der Waals surface area contributed by atoms with Crippen molar-refractivity contribution in [2.45, 2.75) is 13.5 Å². The molecule has 0 bridgehead atoms. The summed E-state index contributed by atoms with van der Waals surface area (Å²) < 4.78 is 30.2. The van der Waals surface area contributed by atoms with E-state index in [0.29, 0.717) is 12.2 Å². The van der Waals surface area contributed by atoms with E-state index in [9.17, 15) is 8.78 Å². The number of hydrogen-bond acceptors (Lipinski definition) is 4. The highest BCUT2D eigenvalue weighted by Crippen LogP contribution is 2.26. The molecule has 3 nitrogen and oxygen atoms in total. The fraction of sp³-hybridized carbons (Fsp3) is 0.273. The van der Waals surface area contributed by atoms with Gasteiger partial charge in [0.05, 0.1) is 4.88 Å². The van der Waals surface area contributed by atoms with Gasteiger partial charge in [-0.3, -0.25) is 0 Å². The van der Waals surface area contributed by atoms with Crippen LogP contribution < -0.4 is 5.32 Å². The highest BCUT2D eigenvalue weighted by atomic mass is 32.1. The van der Waals surface area contributed by atoms with E-state index in [1.165, 1.54) is 23.7 Å². The average molecular weight is 255 g/mol. The summed E-state index contributed by atoms with van der Waals surface area (Å²) in [6.07, 6.45) is 0. The molecule has 1 aromatic carbocycles. The van der Waals surface area contributed by atoms with Crippen molar-refractivity contribution >= 4 is 11.5 Å². The number of nitrogens with zero attached hydrogens (tertiary/aromatic N) is 2. The lowest BCUT2D eigenvalue weighted by molar-refractivity contribution is 0.585. The first-order valence-electron chi connectivity index (χ1n) is 5.19. The minimum Gasteiger partial charge on any atom is -0.312 e. The van der Waals surface area contributed by atoms with Gasteiger partial charge in [-0.15, -0.1) is 5.10 Å². The second-order valence-electron chi connectivity index (χ2n) is 3.45. The van der Waals surface area contributed by atoms with Gasteiger partial charge in [-0.1, -0.05) is 11.4 Å². The Labute approximate surface area is 102 Å². The third-order valence-corrected chi connectivity index (χ3v) is 3.00. The predicted octanol–water partition coefficient (Wildman–Crippen LogP) is 2.59. The topological polar surface area (TPSA) is 37.8 Å². The van der Waals surface area contributed by atoms with Crippen LogP contribution in [0.1, 0.15) is 11.8 Å². The largest absolute Gasteiger partial charge is 0.312 e. The van der Waals surface area contributed by atoms with Gasteiger partial charge in [0.25, 0.3) is 0 Å². The van der Waals surface area contributed by atoms with Gasteiger partial charge in [0, 0.05) is 18.2 Å². The Morgan fingerprint density at radius 3 is 2.88 bits per heavy atom. The van der Waals surface area contributed by atoms with Crippen LogP contribution in [0.4, 0.5) is 8.78 Å². The molecule has 0 fully saturated rings. The Balaban J connectivity index is 2.35. The maximum Gasteiger partial charge on any atom is 0.135 e. The van der Waals surface area contributed by atoms with Crippen LogP contribution in [0.15, 0.2) is 18.2 Å². The molecule has 0 amide bonds. The van der Waals surface area contributed by atoms with Gasteiger partial charge in [0.15, 0.2) is 0 Å². The van der Waals surface area contributed by atoms with E-state index in [-0.39, 0.29) is 5.56 Å². The summed E-state index contributed by atoms with van der Waals surface area (Å²) in [5.74, 6) is -1.21. The first kappa shape index (κ1) is 12.1. The molecule has 0 saturated heterocycles. The van der Waals surface area contributed by atoms with Gasteiger partial charge < -0.3 is 5.32 Å². The van der Waals surface area contributed by atoms with Crippen LogP contribution in [0.5, 0.6) is 0 Å². The Morgan fingerprint density at radius 1 is 1.35 bits per heavy atom. The Kier molecular flexibility index (Phi) is 3.75. The Bertz CT molecular complexity index is 513. The highest BCUT2D eigenvalue weighted by molar-refractivity contribution is 7.05. The third-order valence-electron chi connectivity index (χ3n) is 2.28. The molecule has 6 heteroatoms. The van der Waals surface area contributed by atoms with Crippen molar-refractivity contribution in [3.63, 3.8) is 0 Å². The molecule has 0 saturated carbocycles. The van der Waals surface area contributed by atoms with Gasteiger partial charge in [-0.05, 0) is 30.2 Å². The quantitative estimate of drug-likeness (QED) is 0.912. The van der Waals surface area contributed by atoms with Gasteiger partial charge in [-0.2, -0.15) is 0 Å². The summed E-state index contributed by atoms with van der Waals surface area (Å²) >= 11 is 1.21. The number of rotatable bonds is 4. The summed E-state index contributed by atoms with van der Waals surface area (Å²) in [4.78, 5) is 0.845. The number of halogens is 2. The first-order valence-corrected chi connectivity index (χ1v) is 5.97. The van der Waals surface area contributed by atoms with Gasteiger partial charge in [-0.25, -0.2) is 8.78 Å². The normalized spacial score (nSPS) is 10.8. The molecule has 0 aliphatic carbocycles. The fourth-order valence-corrected chi connectivity index (χ4v) is 2.07. The maximum atomic E-state index is 13.6. The number of nitrogens with one attached hydrogen (secondary N) is 1. The maximum absolute atomic E-state index is 13.6. The highest BCUT2D eigenvalue weighted by Gasteiger charge is 2.14. The molecule has 90 valence electrons. The molecule has 0 atom stereocenters. The zero-order chi connectivity index (χ0) is 12.3. The molecule has 1 N–H and O–H groups in total. The van der Waals surface area contributed by atoms with Crippen molar-refractivity contribution in [3.05, 3.63) is 34.7 Å². The van der Waals surface area contributed by atoms with Crippen molar-refractivity contribution < 1.29 is 8.78 Å². The van der Waals surface area contributed by atoms with Crippen LogP contribution in [-0.2, 0) is 6.54 Å². The molecule has 0 radical (unpaired) electrons. The minimum absolute atomic E-state index is 0.285. The van der Waals surface area contributed by atoms with Crippen LogP contribution in [0.2, 0.25) is 0 Å². The molecule has 0 spiro atoms. The second kappa shape index (κ2) is 5.29. The molecule has 0 unspecified atom stereocenters. The predicted molar refractivity (Wildman–Crippen MR) is 62.6 cm³/mol. The van der Waals surface area contributed by atoms with E-state index < -0.39 is 11.6 Å². The Hall–Kier alpha value is -1.40. The van der Waals surface area contributed by atoms with Crippen molar-refractivity contribution in [2.24, 2.45) is 0 Å². The molecule has 2 rings (SSSR count). The van der Waals surface area contributed by atoms with E-state index in [4.69, 9.17) is 0 Å². The lowest BCUT2D eigenvalue weighted by atomic mass is 10.1. The van der Waals surface area contributed by atoms with Crippen LogP contribution >= 0.6 is 11.5 Å². The summed E-state index contributed by atoms with van der Waals surface area (Å²) in [5, 5.41) is 7.02. The summed E-state index contributed by atoms with van der Waals surface area (Å²) in [7, 11) is 0. The zero-order valence-electron chi connectivity index (χ0n) is 9.20. The van der Waals surface area contributed by atoms with Crippen LogP contribution in [0, 0.1) is 11.6 Å². The fourth-order valence-electron chi connectivity index (χ4n) is 1.45. The van der Waals surface area contributed by atoms with Crippen molar-refractivity contribution in [2.75, 3.05) is 6.54 Å². The monoisotopic (exact) mass is 255 g/mol. The average Bonchev–Trinajstić information content (AvgIpc) is 2.74. The standard InChI is InChI=1S/C11H11F2N3S/c1-2-14-6-10-11(15-16-17-10)8-4-3-7(12)5-9(8)13/h3-5,14H,2,6H2,1H3. The minimum atomic E-state index is -0.615. The smallest absolute Gasteiger partial charge is 0.135 e. The van der Waals surface area contributed by atoms with Gasteiger partial charge in [0.2, 0.25) is 0 Å². The second-order valence-corrected chi connectivity index (χ2v) is 4.29. The SMILES string of the molecule is CCNCc1snnc1-c1ccc(F)cc1F. The molecule has 1 aromatic heterocycles. The molecule has 1 heterocycles. The molecular weight excluding hydrogens is 244 g/mol. The van der Waals surface area contributed by atoms with E-state index >= 15 is 0 Å². The molecule has 0 aliphatic rings. The van der Waals surface area contributed by atoms with Gasteiger partial charge >= 0.3 is 0 Å². The first-order chi connectivity index (χ1) is 8.22. The lowest BCUT2D eigenvalue weighted by Crippen LogP contribution is -2.11. The van der Waals surface area contributed by atoms with E-state index in [1.807, 2.05) is 6.92 Å². The number of benzene rings is 1. The van der Waals surface area contributed by atoms with E-state index in [0.717, 1.165) is 17.5 Å². The van der Waals surface area contributed by atoms with Crippen LogP contribution in [0.25, 0.3) is 11.3 Å². The van der Waals surface area contributed by atoms with Crippen LogP contribution in [-0.4, -0.2) is 16.1 Å². The van der Waals surface area contributed by atoms with Gasteiger partial charge in [0.1, 0.15) is 17.3 Å². The number of aromatic nitrogens is 2. The third kappa shape index (κ3) is 2.65. The molecule has 0 aliphatic heterocycles. The van der Waals surface area contributed by atoms with E-state index in [2.05, 4.69) is 14.9 Å². The molecular formula is C11H11F2N3S. The molecule has 17 heavy (non-hydrogen) atoms. The summed E-state index contributed by atoms with van der Waals surface area (Å²) in [6, 6.07) is 3.46. The van der Waals surface area contributed by atoms with Crippen LogP contribution in [0.3, 0.4) is 0 Å². The summed E-state index contributed by atoms with van der Waals surface area (Å²) in [6.45, 7) is 3.37.